The summed E-state index contributed by atoms with van der Waals surface area (Å²) in [5.74, 6) is 0.692. The molecule has 0 saturated heterocycles. The fourth-order valence-electron chi connectivity index (χ4n) is 2.02. The van der Waals surface area contributed by atoms with Crippen molar-refractivity contribution in [3.05, 3.63) is 0 Å². The number of carbonyl (C=O) groups is 1. The number of nitrogens with one attached hydrogen (secondary N) is 1. The van der Waals surface area contributed by atoms with E-state index in [1.807, 2.05) is 0 Å². The number of aliphatic hydroxyl groups excluding tert-OH is 1. The third-order valence-electron chi connectivity index (χ3n) is 3.60. The molecule has 0 aliphatic heterocycles. The van der Waals surface area contributed by atoms with Crippen LogP contribution < -0.4 is 5.32 Å². The number of rotatable bonds is 13. The first-order chi connectivity index (χ1) is 10.0. The second kappa shape index (κ2) is 13.0. The molecular weight excluding hydrogens is 268 g/mol. The largest absolute Gasteiger partial charge is 0.389 e. The zero-order valence-electron chi connectivity index (χ0n) is 14.2. The number of hydrogen-bond donors (Lipinski definition) is 2. The summed E-state index contributed by atoms with van der Waals surface area (Å²) in [5.41, 5.74) is 0. The van der Waals surface area contributed by atoms with Gasteiger partial charge >= 0.3 is 0 Å². The van der Waals surface area contributed by atoms with Crippen LogP contribution in [0.25, 0.3) is 0 Å². The molecule has 0 rings (SSSR count). The van der Waals surface area contributed by atoms with Gasteiger partial charge in [-0.05, 0) is 12.3 Å². The molecule has 0 bridgehead atoms. The van der Waals surface area contributed by atoms with E-state index in [0.29, 0.717) is 32.0 Å². The second-order valence-electron chi connectivity index (χ2n) is 5.85. The van der Waals surface area contributed by atoms with E-state index < -0.39 is 6.10 Å². The van der Waals surface area contributed by atoms with E-state index in [4.69, 9.17) is 4.74 Å². The lowest BCUT2D eigenvalue weighted by Crippen LogP contribution is -2.33. The Morgan fingerprint density at radius 3 is 2.57 bits per heavy atom. The molecule has 0 heterocycles. The Kier molecular flexibility index (Phi) is 12.6. The highest BCUT2D eigenvalue weighted by molar-refractivity contribution is 5.75. The third-order valence-corrected chi connectivity index (χ3v) is 3.60. The standard InChI is InChI=1S/C16H34N2O3/c1-5-7-8-14(6-2)12-21-13-15(19)11-17-10-9-16(20)18(3)4/h14-15,17,19H,5-13H2,1-4H3. The van der Waals surface area contributed by atoms with Crippen LogP contribution in [0, 0.1) is 5.92 Å². The predicted molar refractivity (Wildman–Crippen MR) is 86.3 cm³/mol. The average Bonchev–Trinajstić information content (AvgIpc) is 2.46. The van der Waals surface area contributed by atoms with Gasteiger partial charge in [-0.25, -0.2) is 0 Å². The minimum absolute atomic E-state index is 0.0925. The fourth-order valence-corrected chi connectivity index (χ4v) is 2.02. The van der Waals surface area contributed by atoms with Gasteiger partial charge in [0.2, 0.25) is 5.91 Å². The maximum absolute atomic E-state index is 11.4. The molecule has 5 nitrogen and oxygen atoms in total. The van der Waals surface area contributed by atoms with Crippen molar-refractivity contribution in [2.45, 2.75) is 52.1 Å². The van der Waals surface area contributed by atoms with Crippen molar-refractivity contribution in [3.8, 4) is 0 Å². The summed E-state index contributed by atoms with van der Waals surface area (Å²) in [5, 5.41) is 12.9. The topological polar surface area (TPSA) is 61.8 Å². The Labute approximate surface area is 130 Å². The number of carbonyl (C=O) groups excluding carboxylic acids is 1. The van der Waals surface area contributed by atoms with Crippen molar-refractivity contribution in [1.82, 2.24) is 10.2 Å². The van der Waals surface area contributed by atoms with Crippen LogP contribution in [0.5, 0.6) is 0 Å². The van der Waals surface area contributed by atoms with Crippen LogP contribution in [0.15, 0.2) is 0 Å². The van der Waals surface area contributed by atoms with Crippen LogP contribution >= 0.6 is 0 Å². The maximum atomic E-state index is 11.4. The average molecular weight is 302 g/mol. The normalized spacial score (nSPS) is 14.0. The van der Waals surface area contributed by atoms with Gasteiger partial charge in [0.1, 0.15) is 0 Å². The van der Waals surface area contributed by atoms with Gasteiger partial charge in [0, 0.05) is 40.2 Å². The van der Waals surface area contributed by atoms with Crippen LogP contribution in [0.1, 0.15) is 46.0 Å². The van der Waals surface area contributed by atoms with E-state index in [1.165, 1.54) is 19.3 Å². The van der Waals surface area contributed by atoms with Crippen molar-refractivity contribution in [2.24, 2.45) is 5.92 Å². The Hall–Kier alpha value is -0.650. The van der Waals surface area contributed by atoms with Gasteiger partial charge in [-0.15, -0.1) is 0 Å². The molecular formula is C16H34N2O3. The van der Waals surface area contributed by atoms with Crippen LogP contribution in [0.4, 0.5) is 0 Å². The van der Waals surface area contributed by atoms with Crippen molar-refractivity contribution < 1.29 is 14.6 Å². The zero-order chi connectivity index (χ0) is 16.1. The number of amides is 1. The molecule has 2 atom stereocenters. The highest BCUT2D eigenvalue weighted by atomic mass is 16.5. The summed E-state index contributed by atoms with van der Waals surface area (Å²) in [7, 11) is 3.49. The summed E-state index contributed by atoms with van der Waals surface area (Å²) in [6.45, 7) is 6.52. The van der Waals surface area contributed by atoms with Crippen LogP contribution in [0.3, 0.4) is 0 Å². The predicted octanol–water partition coefficient (Wildman–Crippen LogP) is 1.65. The number of hydrogen-bond acceptors (Lipinski definition) is 4. The molecule has 0 aliphatic carbocycles. The maximum Gasteiger partial charge on any atom is 0.223 e. The molecule has 21 heavy (non-hydrogen) atoms. The SMILES string of the molecule is CCCCC(CC)COCC(O)CNCCC(=O)N(C)C. The van der Waals surface area contributed by atoms with Crippen LogP contribution in [-0.2, 0) is 9.53 Å². The Balaban J connectivity index is 3.57. The molecule has 0 saturated carbocycles. The lowest BCUT2D eigenvalue weighted by atomic mass is 10.0. The fraction of sp³-hybridized carbons (Fsp3) is 0.938. The van der Waals surface area contributed by atoms with Crippen molar-refractivity contribution in [3.63, 3.8) is 0 Å². The highest BCUT2D eigenvalue weighted by Gasteiger charge is 2.09. The van der Waals surface area contributed by atoms with Gasteiger partial charge in [0.05, 0.1) is 12.7 Å². The summed E-state index contributed by atoms with van der Waals surface area (Å²) < 4.78 is 5.60. The first kappa shape index (κ1) is 20.3. The second-order valence-corrected chi connectivity index (χ2v) is 5.85. The lowest BCUT2D eigenvalue weighted by Gasteiger charge is -2.17. The molecule has 0 aliphatic rings. The van der Waals surface area contributed by atoms with E-state index in [1.54, 1.807) is 19.0 Å². The summed E-state index contributed by atoms with van der Waals surface area (Å²) in [4.78, 5) is 12.9. The van der Waals surface area contributed by atoms with Gasteiger partial charge in [-0.2, -0.15) is 0 Å². The van der Waals surface area contributed by atoms with E-state index in [-0.39, 0.29) is 5.91 Å². The van der Waals surface area contributed by atoms with Crippen molar-refractivity contribution in [2.75, 3.05) is 40.4 Å². The summed E-state index contributed by atoms with van der Waals surface area (Å²) in [6, 6.07) is 0. The van der Waals surface area contributed by atoms with Gasteiger partial charge in [0.15, 0.2) is 0 Å². The van der Waals surface area contributed by atoms with Gasteiger partial charge in [-0.1, -0.05) is 33.1 Å². The quantitative estimate of drug-likeness (QED) is 0.508. The van der Waals surface area contributed by atoms with Gasteiger partial charge in [-0.3, -0.25) is 4.79 Å². The van der Waals surface area contributed by atoms with E-state index in [0.717, 1.165) is 13.0 Å². The molecule has 0 spiro atoms. The molecule has 2 unspecified atom stereocenters. The zero-order valence-corrected chi connectivity index (χ0v) is 14.2. The van der Waals surface area contributed by atoms with Crippen LogP contribution in [-0.4, -0.2) is 62.4 Å². The Morgan fingerprint density at radius 2 is 2.00 bits per heavy atom. The van der Waals surface area contributed by atoms with Gasteiger partial charge in [0.25, 0.3) is 0 Å². The van der Waals surface area contributed by atoms with Crippen molar-refractivity contribution in [1.29, 1.82) is 0 Å². The first-order valence-electron chi connectivity index (χ1n) is 8.17. The summed E-state index contributed by atoms with van der Waals surface area (Å²) in [6.07, 6.45) is 4.73. The first-order valence-corrected chi connectivity index (χ1v) is 8.17. The van der Waals surface area contributed by atoms with E-state index in [2.05, 4.69) is 19.2 Å². The van der Waals surface area contributed by atoms with E-state index >= 15 is 0 Å². The molecule has 5 heteroatoms. The lowest BCUT2D eigenvalue weighted by molar-refractivity contribution is -0.128. The summed E-state index contributed by atoms with van der Waals surface area (Å²) >= 11 is 0. The minimum atomic E-state index is -0.511. The monoisotopic (exact) mass is 302 g/mol. The smallest absolute Gasteiger partial charge is 0.223 e. The Bertz CT molecular complexity index is 260. The molecule has 2 N–H and O–H groups in total. The number of aliphatic hydroxyl groups is 1. The highest BCUT2D eigenvalue weighted by Crippen LogP contribution is 2.12. The molecule has 126 valence electrons. The van der Waals surface area contributed by atoms with Crippen molar-refractivity contribution >= 4 is 5.91 Å². The van der Waals surface area contributed by atoms with Crippen LogP contribution in [0.2, 0.25) is 0 Å². The molecule has 1 amide bonds. The van der Waals surface area contributed by atoms with E-state index in [9.17, 15) is 9.90 Å². The molecule has 0 radical (unpaired) electrons. The molecule has 0 aromatic heterocycles. The number of nitrogens with zero attached hydrogens (tertiary/aromatic N) is 1. The molecule has 0 aromatic carbocycles. The third kappa shape index (κ3) is 11.7. The molecule has 0 aromatic rings. The number of unbranched alkanes of at least 4 members (excludes halogenated alkanes) is 1. The number of ether oxygens (including phenoxy) is 1. The minimum Gasteiger partial charge on any atom is -0.389 e. The van der Waals surface area contributed by atoms with Gasteiger partial charge < -0.3 is 20.1 Å². The Morgan fingerprint density at radius 1 is 1.29 bits per heavy atom. The molecule has 0 fully saturated rings.